The number of likely N-dealkylation sites (tertiary alicyclic amines) is 1. The zero-order valence-electron chi connectivity index (χ0n) is 15.6. The first-order valence-electron chi connectivity index (χ1n) is 9.48. The highest BCUT2D eigenvalue weighted by atomic mass is 35.5. The zero-order valence-corrected chi connectivity index (χ0v) is 17.2. The first-order chi connectivity index (χ1) is 11.5. The van der Waals surface area contributed by atoms with Gasteiger partial charge in [-0.25, -0.2) is 8.42 Å². The van der Waals surface area contributed by atoms with E-state index in [0.29, 0.717) is 25.3 Å². The van der Waals surface area contributed by atoms with Crippen molar-refractivity contribution < 1.29 is 13.2 Å². The van der Waals surface area contributed by atoms with E-state index < -0.39 is 16.1 Å². The van der Waals surface area contributed by atoms with Crippen LogP contribution in [0.15, 0.2) is 0 Å². The predicted octanol–water partition coefficient (Wildman–Crippen LogP) is 1.85. The molecule has 0 aromatic carbocycles. The largest absolute Gasteiger partial charge is 0.341 e. The Balaban J connectivity index is 0.00000312. The lowest BCUT2D eigenvalue weighted by Gasteiger charge is -2.35. The Morgan fingerprint density at radius 3 is 2.40 bits per heavy atom. The Labute approximate surface area is 159 Å². The molecule has 2 heterocycles. The highest BCUT2D eigenvalue weighted by Gasteiger charge is 2.40. The first kappa shape index (κ1) is 22.7. The maximum atomic E-state index is 12.9. The summed E-state index contributed by atoms with van der Waals surface area (Å²) in [7, 11) is -3.30. The minimum Gasteiger partial charge on any atom is -0.341 e. The summed E-state index contributed by atoms with van der Waals surface area (Å²) in [5.41, 5.74) is 0. The molecule has 0 radical (unpaired) electrons. The average molecular weight is 396 g/mol. The average Bonchev–Trinajstić information content (AvgIpc) is 3.08. The number of sulfonamides is 1. The molecular weight excluding hydrogens is 362 g/mol. The van der Waals surface area contributed by atoms with Gasteiger partial charge in [-0.3, -0.25) is 4.79 Å². The van der Waals surface area contributed by atoms with Crippen LogP contribution in [0, 0.1) is 5.92 Å². The Kier molecular flexibility index (Phi) is 9.70. The van der Waals surface area contributed by atoms with Gasteiger partial charge in [0, 0.05) is 19.6 Å². The van der Waals surface area contributed by atoms with Crippen molar-refractivity contribution in [2.45, 2.75) is 58.4 Å². The first-order valence-corrected chi connectivity index (χ1v) is 11.1. The lowest BCUT2D eigenvalue weighted by Crippen LogP contribution is -2.50. The number of carbonyl (C=O) groups excluding carboxylic acids is 1. The minimum absolute atomic E-state index is 0. The molecule has 8 heteroatoms. The molecule has 2 fully saturated rings. The van der Waals surface area contributed by atoms with Gasteiger partial charge in [0.15, 0.2) is 0 Å². The second-order valence-electron chi connectivity index (χ2n) is 7.01. The molecule has 2 aliphatic rings. The molecule has 2 rings (SSSR count). The molecule has 0 aliphatic carbocycles. The predicted molar refractivity (Wildman–Crippen MR) is 104 cm³/mol. The molecule has 1 N–H and O–H groups in total. The standard InChI is InChI=1S/C17H33N3O3S.ClH/c1-3-5-13-24(22,23)20-10-6-7-16(20)17(21)19-11-8-15(9-12-19)14-18-4-2;/h15-16,18H,3-14H2,1-2H3;1H. The Bertz CT molecular complexity index is 507. The van der Waals surface area contributed by atoms with Crippen molar-refractivity contribution in [1.82, 2.24) is 14.5 Å². The smallest absolute Gasteiger partial charge is 0.241 e. The van der Waals surface area contributed by atoms with Gasteiger partial charge in [-0.2, -0.15) is 4.31 Å². The highest BCUT2D eigenvalue weighted by molar-refractivity contribution is 7.89. The zero-order chi connectivity index (χ0) is 17.6. The number of hydrogen-bond acceptors (Lipinski definition) is 4. The van der Waals surface area contributed by atoms with E-state index in [2.05, 4.69) is 12.2 Å². The van der Waals surface area contributed by atoms with Gasteiger partial charge in [-0.05, 0) is 51.1 Å². The van der Waals surface area contributed by atoms with E-state index in [9.17, 15) is 13.2 Å². The van der Waals surface area contributed by atoms with Crippen LogP contribution in [0.1, 0.15) is 52.4 Å². The van der Waals surface area contributed by atoms with E-state index in [-0.39, 0.29) is 24.1 Å². The van der Waals surface area contributed by atoms with E-state index >= 15 is 0 Å². The number of nitrogens with zero attached hydrogens (tertiary/aromatic N) is 2. The van der Waals surface area contributed by atoms with Crippen molar-refractivity contribution in [2.75, 3.05) is 38.5 Å². The molecule has 2 saturated heterocycles. The molecule has 1 unspecified atom stereocenters. The maximum Gasteiger partial charge on any atom is 0.241 e. The van der Waals surface area contributed by atoms with Crippen LogP contribution in [0.3, 0.4) is 0 Å². The van der Waals surface area contributed by atoms with Crippen LogP contribution in [0.2, 0.25) is 0 Å². The molecular formula is C17H34ClN3O3S. The van der Waals surface area contributed by atoms with Gasteiger partial charge in [-0.15, -0.1) is 12.4 Å². The quantitative estimate of drug-likeness (QED) is 0.680. The molecule has 0 aromatic rings. The van der Waals surface area contributed by atoms with Gasteiger partial charge in [0.25, 0.3) is 0 Å². The van der Waals surface area contributed by atoms with Crippen LogP contribution in [-0.4, -0.2) is 68.0 Å². The summed E-state index contributed by atoms with van der Waals surface area (Å²) in [6.45, 7) is 8.10. The van der Waals surface area contributed by atoms with Crippen molar-refractivity contribution in [3.8, 4) is 0 Å². The van der Waals surface area contributed by atoms with Gasteiger partial charge < -0.3 is 10.2 Å². The van der Waals surface area contributed by atoms with E-state index in [4.69, 9.17) is 0 Å². The molecule has 1 atom stereocenters. The number of nitrogens with one attached hydrogen (secondary N) is 1. The van der Waals surface area contributed by atoms with Crippen LogP contribution in [-0.2, 0) is 14.8 Å². The number of rotatable bonds is 8. The number of hydrogen-bond donors (Lipinski definition) is 1. The third-order valence-electron chi connectivity index (χ3n) is 5.21. The lowest BCUT2D eigenvalue weighted by atomic mass is 9.96. The summed E-state index contributed by atoms with van der Waals surface area (Å²) < 4.78 is 26.5. The molecule has 0 saturated carbocycles. The van der Waals surface area contributed by atoms with E-state index in [1.54, 1.807) is 0 Å². The van der Waals surface area contributed by atoms with Crippen LogP contribution in [0.4, 0.5) is 0 Å². The van der Waals surface area contributed by atoms with Gasteiger partial charge in [0.2, 0.25) is 15.9 Å². The Morgan fingerprint density at radius 2 is 1.80 bits per heavy atom. The normalized spacial score (nSPS) is 22.8. The number of halogens is 1. The number of piperidine rings is 1. The Hall–Kier alpha value is -0.370. The van der Waals surface area contributed by atoms with E-state index in [1.165, 1.54) is 4.31 Å². The van der Waals surface area contributed by atoms with Gasteiger partial charge in [-0.1, -0.05) is 20.3 Å². The molecule has 1 amide bonds. The summed E-state index contributed by atoms with van der Waals surface area (Å²) in [5, 5.41) is 3.37. The van der Waals surface area contributed by atoms with Crippen LogP contribution in [0.5, 0.6) is 0 Å². The third-order valence-corrected chi connectivity index (χ3v) is 7.17. The van der Waals surface area contributed by atoms with Gasteiger partial charge >= 0.3 is 0 Å². The topological polar surface area (TPSA) is 69.7 Å². The maximum absolute atomic E-state index is 12.9. The van der Waals surface area contributed by atoms with Crippen LogP contribution in [0.25, 0.3) is 0 Å². The highest BCUT2D eigenvalue weighted by Crippen LogP contribution is 2.26. The summed E-state index contributed by atoms with van der Waals surface area (Å²) >= 11 is 0. The molecule has 6 nitrogen and oxygen atoms in total. The SMILES string of the molecule is CCCCS(=O)(=O)N1CCCC1C(=O)N1CCC(CNCC)CC1.Cl. The fraction of sp³-hybridized carbons (Fsp3) is 0.941. The summed E-state index contributed by atoms with van der Waals surface area (Å²) in [5.74, 6) is 0.814. The molecule has 25 heavy (non-hydrogen) atoms. The monoisotopic (exact) mass is 395 g/mol. The minimum atomic E-state index is -3.30. The number of amides is 1. The second kappa shape index (κ2) is 10.7. The molecule has 148 valence electrons. The van der Waals surface area contributed by atoms with Crippen molar-refractivity contribution in [2.24, 2.45) is 5.92 Å². The van der Waals surface area contributed by atoms with Crippen molar-refractivity contribution in [1.29, 1.82) is 0 Å². The van der Waals surface area contributed by atoms with Crippen molar-refractivity contribution >= 4 is 28.3 Å². The van der Waals surface area contributed by atoms with E-state index in [0.717, 1.165) is 51.9 Å². The summed E-state index contributed by atoms with van der Waals surface area (Å²) in [4.78, 5) is 14.7. The summed E-state index contributed by atoms with van der Waals surface area (Å²) in [6, 6.07) is -0.461. The van der Waals surface area contributed by atoms with Crippen molar-refractivity contribution in [3.05, 3.63) is 0 Å². The van der Waals surface area contributed by atoms with Crippen LogP contribution < -0.4 is 5.32 Å². The van der Waals surface area contributed by atoms with Crippen LogP contribution >= 0.6 is 12.4 Å². The van der Waals surface area contributed by atoms with E-state index in [1.807, 2.05) is 11.8 Å². The van der Waals surface area contributed by atoms with Gasteiger partial charge in [0.05, 0.1) is 5.75 Å². The molecule has 0 bridgehead atoms. The number of unbranched alkanes of at least 4 members (excludes halogenated alkanes) is 1. The fourth-order valence-electron chi connectivity index (χ4n) is 3.68. The molecule has 2 aliphatic heterocycles. The van der Waals surface area contributed by atoms with Gasteiger partial charge in [0.1, 0.15) is 6.04 Å². The fourth-order valence-corrected chi connectivity index (χ4v) is 5.56. The molecule has 0 spiro atoms. The Morgan fingerprint density at radius 1 is 1.12 bits per heavy atom. The second-order valence-corrected chi connectivity index (χ2v) is 9.06. The third kappa shape index (κ3) is 6.08. The molecule has 0 aromatic heterocycles. The van der Waals surface area contributed by atoms with Crippen molar-refractivity contribution in [3.63, 3.8) is 0 Å². The lowest BCUT2D eigenvalue weighted by molar-refractivity contribution is -0.136. The number of carbonyl (C=O) groups is 1. The summed E-state index contributed by atoms with van der Waals surface area (Å²) in [6.07, 6.45) is 4.99.